The Balaban J connectivity index is 2.13. The van der Waals surface area contributed by atoms with Gasteiger partial charge in [-0.15, -0.1) is 0 Å². The number of hydrogen-bond donors (Lipinski definition) is 1. The van der Waals surface area contributed by atoms with Gasteiger partial charge in [-0.1, -0.05) is 29.8 Å². The quantitative estimate of drug-likeness (QED) is 0.587. The number of carbonyl (C=O) groups is 2. The molecule has 0 aromatic heterocycles. The molecule has 2 rings (SSSR count). The number of nitrogens with one attached hydrogen (secondary N) is 1. The third-order valence-electron chi connectivity index (χ3n) is 5.12. The van der Waals surface area contributed by atoms with Gasteiger partial charge in [-0.2, -0.15) is 0 Å². The van der Waals surface area contributed by atoms with Crippen LogP contribution in [0, 0.1) is 12.7 Å². The maximum atomic E-state index is 13.2. The minimum Gasteiger partial charge on any atom is -0.357 e. The van der Waals surface area contributed by atoms with Crippen LogP contribution in [0.3, 0.4) is 0 Å². The van der Waals surface area contributed by atoms with E-state index in [1.54, 1.807) is 6.92 Å². The average Bonchev–Trinajstić information content (AvgIpc) is 2.74. The number of anilines is 1. The molecule has 2 aromatic rings. The molecular formula is C23H30FN3O4S. The van der Waals surface area contributed by atoms with Crippen molar-refractivity contribution in [2.45, 2.75) is 39.3 Å². The van der Waals surface area contributed by atoms with Crippen LogP contribution >= 0.6 is 0 Å². The summed E-state index contributed by atoms with van der Waals surface area (Å²) in [7, 11) is -2.10. The molecule has 0 saturated heterocycles. The van der Waals surface area contributed by atoms with Crippen molar-refractivity contribution in [1.29, 1.82) is 0 Å². The molecule has 0 saturated carbocycles. The first-order valence-electron chi connectivity index (χ1n) is 10.3. The number of aryl methyl sites for hydroxylation is 1. The molecule has 0 fully saturated rings. The second kappa shape index (κ2) is 11.1. The van der Waals surface area contributed by atoms with Gasteiger partial charge in [0.1, 0.15) is 11.9 Å². The lowest BCUT2D eigenvalue weighted by Crippen LogP contribution is -2.46. The van der Waals surface area contributed by atoms with E-state index in [9.17, 15) is 22.4 Å². The van der Waals surface area contributed by atoms with Crippen molar-refractivity contribution in [2.24, 2.45) is 0 Å². The fraction of sp³-hybridized carbons (Fsp3) is 0.391. The van der Waals surface area contributed by atoms with E-state index in [2.05, 4.69) is 5.32 Å². The van der Waals surface area contributed by atoms with Crippen LogP contribution in [-0.4, -0.2) is 51.0 Å². The van der Waals surface area contributed by atoms with E-state index in [4.69, 9.17) is 0 Å². The van der Waals surface area contributed by atoms with Crippen molar-refractivity contribution in [3.8, 4) is 0 Å². The normalized spacial score (nSPS) is 12.2. The largest absolute Gasteiger partial charge is 0.357 e. The lowest BCUT2D eigenvalue weighted by molar-refractivity contribution is -0.140. The van der Waals surface area contributed by atoms with Gasteiger partial charge >= 0.3 is 0 Å². The van der Waals surface area contributed by atoms with E-state index in [0.717, 1.165) is 21.7 Å². The predicted octanol–water partition coefficient (Wildman–Crippen LogP) is 2.84. The number of amides is 2. The smallest absolute Gasteiger partial charge is 0.242 e. The summed E-state index contributed by atoms with van der Waals surface area (Å²) in [5, 5.41) is 2.57. The Morgan fingerprint density at radius 1 is 1.12 bits per heavy atom. The van der Waals surface area contributed by atoms with Crippen molar-refractivity contribution in [3.63, 3.8) is 0 Å². The van der Waals surface area contributed by atoms with Gasteiger partial charge in [0, 0.05) is 26.6 Å². The number of sulfonamides is 1. The molecule has 0 unspecified atom stereocenters. The Hall–Kier alpha value is -2.94. The van der Waals surface area contributed by atoms with E-state index in [1.165, 1.54) is 36.2 Å². The first-order chi connectivity index (χ1) is 15.0. The zero-order valence-corrected chi connectivity index (χ0v) is 19.7. The van der Waals surface area contributed by atoms with Crippen molar-refractivity contribution >= 4 is 27.5 Å². The molecule has 0 radical (unpaired) electrons. The second-order valence-corrected chi connectivity index (χ2v) is 9.62. The molecule has 0 bridgehead atoms. The predicted molar refractivity (Wildman–Crippen MR) is 123 cm³/mol. The third kappa shape index (κ3) is 7.05. The molecule has 0 aliphatic heterocycles. The molecular weight excluding hydrogens is 433 g/mol. The fourth-order valence-electron chi connectivity index (χ4n) is 3.41. The van der Waals surface area contributed by atoms with Crippen molar-refractivity contribution in [3.05, 3.63) is 65.5 Å². The maximum Gasteiger partial charge on any atom is 0.242 e. The third-order valence-corrected chi connectivity index (χ3v) is 6.31. The van der Waals surface area contributed by atoms with Crippen LogP contribution in [-0.2, 0) is 26.2 Å². The minimum absolute atomic E-state index is 0.0559. The summed E-state index contributed by atoms with van der Waals surface area (Å²) in [5.41, 5.74) is 2.28. The molecule has 0 aliphatic rings. The van der Waals surface area contributed by atoms with Gasteiger partial charge in [-0.05, 0) is 50.1 Å². The number of nitrogens with zero attached hydrogens (tertiary/aromatic N) is 2. The van der Waals surface area contributed by atoms with Gasteiger partial charge in [0.05, 0.1) is 11.9 Å². The topological polar surface area (TPSA) is 86.8 Å². The van der Waals surface area contributed by atoms with Crippen LogP contribution in [0.4, 0.5) is 10.1 Å². The SMILES string of the molecule is CNC(=O)[C@H](C)N(Cc1cccc(C)c1)C(=O)CCCN(c1ccc(F)cc1)S(C)(=O)=O. The monoisotopic (exact) mass is 463 g/mol. The summed E-state index contributed by atoms with van der Waals surface area (Å²) in [5.74, 6) is -1.00. The second-order valence-electron chi connectivity index (χ2n) is 7.72. The van der Waals surface area contributed by atoms with E-state index < -0.39 is 21.9 Å². The summed E-state index contributed by atoms with van der Waals surface area (Å²) in [6, 6.07) is 12.2. The molecule has 2 amide bonds. The van der Waals surface area contributed by atoms with E-state index in [-0.39, 0.29) is 37.7 Å². The number of benzene rings is 2. The zero-order valence-electron chi connectivity index (χ0n) is 18.8. The summed E-state index contributed by atoms with van der Waals surface area (Å²) in [4.78, 5) is 26.7. The molecule has 9 heteroatoms. The van der Waals surface area contributed by atoms with Crippen LogP contribution in [0.2, 0.25) is 0 Å². The van der Waals surface area contributed by atoms with Crippen molar-refractivity contribution in [1.82, 2.24) is 10.2 Å². The Morgan fingerprint density at radius 3 is 2.34 bits per heavy atom. The minimum atomic E-state index is -3.61. The highest BCUT2D eigenvalue weighted by atomic mass is 32.2. The molecule has 0 aliphatic carbocycles. The Morgan fingerprint density at radius 2 is 1.78 bits per heavy atom. The molecule has 7 nitrogen and oxygen atoms in total. The Labute approximate surface area is 189 Å². The number of halogens is 1. The molecule has 174 valence electrons. The van der Waals surface area contributed by atoms with Gasteiger partial charge in [-0.25, -0.2) is 12.8 Å². The van der Waals surface area contributed by atoms with Gasteiger partial charge in [0.2, 0.25) is 21.8 Å². The van der Waals surface area contributed by atoms with Gasteiger partial charge in [0.15, 0.2) is 0 Å². The Kier molecular flexibility index (Phi) is 8.77. The van der Waals surface area contributed by atoms with Gasteiger partial charge < -0.3 is 10.2 Å². The zero-order chi connectivity index (χ0) is 23.9. The summed E-state index contributed by atoms with van der Waals surface area (Å²) in [6.07, 6.45) is 1.37. The first-order valence-corrected chi connectivity index (χ1v) is 12.2. The highest BCUT2D eigenvalue weighted by Crippen LogP contribution is 2.19. The number of rotatable bonds is 10. The fourth-order valence-corrected chi connectivity index (χ4v) is 4.38. The standard InChI is InChI=1S/C23H30FN3O4S/c1-17-7-5-8-19(15-17)16-26(18(2)23(29)25-3)22(28)9-6-14-27(32(4,30)31)21-12-10-20(24)11-13-21/h5,7-8,10-13,15,18H,6,9,14,16H2,1-4H3,(H,25,29)/t18-/m0/s1. The van der Waals surface area contributed by atoms with Crippen LogP contribution in [0.5, 0.6) is 0 Å². The first kappa shape index (κ1) is 25.3. The molecule has 1 atom stereocenters. The number of carbonyl (C=O) groups excluding carboxylic acids is 2. The summed E-state index contributed by atoms with van der Waals surface area (Å²) in [6.45, 7) is 3.94. The van der Waals surface area contributed by atoms with Crippen LogP contribution < -0.4 is 9.62 Å². The van der Waals surface area contributed by atoms with Crippen LogP contribution in [0.1, 0.15) is 30.9 Å². The summed E-state index contributed by atoms with van der Waals surface area (Å²) < 4.78 is 38.8. The van der Waals surface area contributed by atoms with Crippen LogP contribution in [0.25, 0.3) is 0 Å². The van der Waals surface area contributed by atoms with Gasteiger partial charge in [-0.3, -0.25) is 13.9 Å². The Bertz CT molecular complexity index is 1040. The van der Waals surface area contributed by atoms with Crippen LogP contribution in [0.15, 0.2) is 48.5 Å². The number of likely N-dealkylation sites (N-methyl/N-ethyl adjacent to an activating group) is 1. The lowest BCUT2D eigenvalue weighted by Gasteiger charge is -2.29. The molecule has 2 aromatic carbocycles. The highest BCUT2D eigenvalue weighted by Gasteiger charge is 2.26. The maximum absolute atomic E-state index is 13.2. The highest BCUT2D eigenvalue weighted by molar-refractivity contribution is 7.92. The van der Waals surface area contributed by atoms with Crippen molar-refractivity contribution < 1.29 is 22.4 Å². The van der Waals surface area contributed by atoms with E-state index >= 15 is 0 Å². The average molecular weight is 464 g/mol. The van der Waals surface area contributed by atoms with Gasteiger partial charge in [0.25, 0.3) is 0 Å². The molecule has 0 spiro atoms. The van der Waals surface area contributed by atoms with Crippen molar-refractivity contribution in [2.75, 3.05) is 24.2 Å². The van der Waals surface area contributed by atoms with E-state index in [0.29, 0.717) is 5.69 Å². The molecule has 1 N–H and O–H groups in total. The lowest BCUT2D eigenvalue weighted by atomic mass is 10.1. The van der Waals surface area contributed by atoms with E-state index in [1.807, 2.05) is 31.2 Å². The summed E-state index contributed by atoms with van der Waals surface area (Å²) >= 11 is 0. The molecule has 32 heavy (non-hydrogen) atoms. The molecule has 0 heterocycles. The number of hydrogen-bond acceptors (Lipinski definition) is 4.